The molecule has 1 N–H and O–H groups in total. The summed E-state index contributed by atoms with van der Waals surface area (Å²) in [4.78, 5) is 17.5. The van der Waals surface area contributed by atoms with Gasteiger partial charge in [-0.25, -0.2) is 0 Å². The highest BCUT2D eigenvalue weighted by atomic mass is 35.5. The van der Waals surface area contributed by atoms with Crippen LogP contribution >= 0.6 is 35.0 Å². The lowest BCUT2D eigenvalue weighted by molar-refractivity contribution is -0.126. The molecule has 2 atom stereocenters. The molecule has 0 fully saturated rings. The van der Waals surface area contributed by atoms with Crippen LogP contribution in [0.4, 0.5) is 5.69 Å². The van der Waals surface area contributed by atoms with E-state index in [-0.39, 0.29) is 5.91 Å². The first-order valence-electron chi connectivity index (χ1n) is 8.75. The quantitative estimate of drug-likeness (QED) is 0.757. The number of nitrogens with zero attached hydrogens (tertiary/aromatic N) is 2. The van der Waals surface area contributed by atoms with Crippen LogP contribution in [-0.4, -0.2) is 56.3 Å². The second-order valence-corrected chi connectivity index (χ2v) is 8.78. The molecule has 2 aromatic carbocycles. The Bertz CT molecular complexity index is 861. The molecule has 0 radical (unpaired) electrons. The zero-order valence-corrected chi connectivity index (χ0v) is 18.2. The van der Waals surface area contributed by atoms with Crippen molar-refractivity contribution in [3.63, 3.8) is 0 Å². The van der Waals surface area contributed by atoms with Crippen LogP contribution < -0.4 is 9.64 Å². The third-order valence-electron chi connectivity index (χ3n) is 4.57. The Balaban J connectivity index is 2.05. The fraction of sp³-hybridized carbons (Fsp3) is 0.350. The largest absolute Gasteiger partial charge is 0.497 e. The van der Waals surface area contributed by atoms with Gasteiger partial charge in [-0.1, -0.05) is 35.3 Å². The first-order valence-corrected chi connectivity index (χ1v) is 10.4. The van der Waals surface area contributed by atoms with Crippen LogP contribution in [-0.2, 0) is 4.79 Å². The van der Waals surface area contributed by atoms with Gasteiger partial charge in [-0.3, -0.25) is 4.79 Å². The number of aliphatic hydroxyl groups excluding tert-OH is 1. The van der Waals surface area contributed by atoms with Gasteiger partial charge in [0.1, 0.15) is 11.9 Å². The molecule has 0 aromatic heterocycles. The van der Waals surface area contributed by atoms with E-state index in [1.807, 2.05) is 43.3 Å². The number of carbonyl (C=O) groups excluding carboxylic acids is 1. The van der Waals surface area contributed by atoms with Crippen molar-refractivity contribution in [3.05, 3.63) is 52.0 Å². The van der Waals surface area contributed by atoms with Crippen molar-refractivity contribution >= 4 is 46.6 Å². The van der Waals surface area contributed by atoms with E-state index in [4.69, 9.17) is 27.9 Å². The van der Waals surface area contributed by atoms with Crippen molar-refractivity contribution < 1.29 is 14.6 Å². The normalized spacial score (nSPS) is 19.5. The highest BCUT2D eigenvalue weighted by molar-refractivity contribution is 7.99. The molecule has 2 aromatic rings. The standard InChI is InChI=1S/C20H22Cl2N2O3S/c1-23(2)8-9-24-16-10-14(21)15(22)11-17(16)28-19(18(25)20(24)26)12-4-6-13(27-3)7-5-12/h4-7,10-11,18-19,25H,8-9H2,1-3H3/t18-,19+/m1/s1. The number of benzene rings is 2. The Morgan fingerprint density at radius 1 is 1.18 bits per heavy atom. The van der Waals surface area contributed by atoms with E-state index in [1.54, 1.807) is 24.1 Å². The number of carbonyl (C=O) groups is 1. The molecule has 28 heavy (non-hydrogen) atoms. The molecular formula is C20H22Cl2N2O3S. The highest BCUT2D eigenvalue weighted by Gasteiger charge is 2.37. The third-order valence-corrected chi connectivity index (χ3v) is 6.65. The molecule has 0 unspecified atom stereocenters. The number of aliphatic hydroxyl groups is 1. The zero-order chi connectivity index (χ0) is 20.4. The number of ether oxygens (including phenoxy) is 1. The van der Waals surface area contributed by atoms with Crippen molar-refractivity contribution in [2.45, 2.75) is 16.2 Å². The van der Waals surface area contributed by atoms with E-state index in [0.717, 1.165) is 10.5 Å². The molecule has 0 spiro atoms. The summed E-state index contributed by atoms with van der Waals surface area (Å²) in [5.41, 5.74) is 1.50. The van der Waals surface area contributed by atoms with Gasteiger partial charge >= 0.3 is 0 Å². The lowest BCUT2D eigenvalue weighted by atomic mass is 10.1. The fourth-order valence-corrected chi connectivity index (χ4v) is 4.68. The maximum Gasteiger partial charge on any atom is 0.257 e. The minimum atomic E-state index is -1.20. The topological polar surface area (TPSA) is 53.0 Å². The number of halogens is 2. The van der Waals surface area contributed by atoms with Gasteiger partial charge in [0.15, 0.2) is 0 Å². The van der Waals surface area contributed by atoms with Crippen molar-refractivity contribution in [1.82, 2.24) is 4.90 Å². The lowest BCUT2D eigenvalue weighted by Crippen LogP contribution is -2.43. The third kappa shape index (κ3) is 4.42. The van der Waals surface area contributed by atoms with E-state index < -0.39 is 11.4 Å². The maximum absolute atomic E-state index is 13.2. The average molecular weight is 441 g/mol. The molecule has 1 aliphatic rings. The monoisotopic (exact) mass is 440 g/mol. The lowest BCUT2D eigenvalue weighted by Gasteiger charge is -2.26. The Morgan fingerprint density at radius 2 is 1.82 bits per heavy atom. The SMILES string of the molecule is COc1ccc([C@@H]2Sc3cc(Cl)c(Cl)cc3N(CCN(C)C)C(=O)[C@@H]2O)cc1. The van der Waals surface area contributed by atoms with Gasteiger partial charge in [0.05, 0.1) is 28.1 Å². The van der Waals surface area contributed by atoms with E-state index in [0.29, 0.717) is 34.6 Å². The van der Waals surface area contributed by atoms with E-state index in [9.17, 15) is 9.90 Å². The van der Waals surface area contributed by atoms with Gasteiger partial charge in [-0.15, -0.1) is 11.8 Å². The molecule has 0 aliphatic carbocycles. The first-order chi connectivity index (χ1) is 13.3. The molecule has 3 rings (SSSR count). The van der Waals surface area contributed by atoms with Crippen LogP contribution in [0.2, 0.25) is 10.0 Å². The van der Waals surface area contributed by atoms with Crippen LogP contribution in [0.3, 0.4) is 0 Å². The number of hydrogen-bond acceptors (Lipinski definition) is 5. The smallest absolute Gasteiger partial charge is 0.257 e. The minimum Gasteiger partial charge on any atom is -0.497 e. The second-order valence-electron chi connectivity index (χ2n) is 6.78. The number of fused-ring (bicyclic) bond motifs is 1. The highest BCUT2D eigenvalue weighted by Crippen LogP contribution is 2.48. The number of rotatable bonds is 5. The number of methoxy groups -OCH3 is 1. The minimum absolute atomic E-state index is 0.354. The van der Waals surface area contributed by atoms with E-state index in [2.05, 4.69) is 0 Å². The number of thioether (sulfide) groups is 1. The van der Waals surface area contributed by atoms with Crippen LogP contribution in [0.25, 0.3) is 0 Å². The summed E-state index contributed by atoms with van der Waals surface area (Å²) in [7, 11) is 5.46. The van der Waals surface area contributed by atoms with Crippen LogP contribution in [0.15, 0.2) is 41.3 Å². The van der Waals surface area contributed by atoms with Crippen molar-refractivity contribution in [2.24, 2.45) is 0 Å². The molecule has 0 saturated carbocycles. The predicted molar refractivity (Wildman–Crippen MR) is 115 cm³/mol. The molecule has 1 heterocycles. The molecule has 5 nitrogen and oxygen atoms in total. The van der Waals surface area contributed by atoms with Crippen LogP contribution in [0.5, 0.6) is 5.75 Å². The number of anilines is 1. The predicted octanol–water partition coefficient (Wildman–Crippen LogP) is 4.10. The van der Waals surface area contributed by atoms with Gasteiger partial charge < -0.3 is 19.6 Å². The van der Waals surface area contributed by atoms with E-state index >= 15 is 0 Å². The zero-order valence-electron chi connectivity index (χ0n) is 15.9. The Morgan fingerprint density at radius 3 is 2.43 bits per heavy atom. The molecule has 1 amide bonds. The van der Waals surface area contributed by atoms with Crippen molar-refractivity contribution in [2.75, 3.05) is 39.2 Å². The number of likely N-dealkylation sites (N-methyl/N-ethyl adjacent to an activating group) is 1. The summed E-state index contributed by atoms with van der Waals surface area (Å²) in [6.07, 6.45) is -1.20. The summed E-state index contributed by atoms with van der Waals surface area (Å²) in [5, 5.41) is 11.2. The average Bonchev–Trinajstić information content (AvgIpc) is 2.77. The van der Waals surface area contributed by atoms with Crippen molar-refractivity contribution in [3.8, 4) is 5.75 Å². The van der Waals surface area contributed by atoms with Gasteiger partial charge in [0, 0.05) is 18.0 Å². The molecule has 1 aliphatic heterocycles. The molecule has 8 heteroatoms. The first kappa shape index (κ1) is 21.3. The fourth-order valence-electron chi connectivity index (χ4n) is 3.01. The summed E-state index contributed by atoms with van der Waals surface area (Å²) in [6, 6.07) is 10.8. The summed E-state index contributed by atoms with van der Waals surface area (Å²) >= 11 is 13.9. The van der Waals surface area contributed by atoms with Gasteiger partial charge in [-0.2, -0.15) is 0 Å². The molecule has 0 bridgehead atoms. The Labute approximate surface area is 179 Å². The summed E-state index contributed by atoms with van der Waals surface area (Å²) in [6.45, 7) is 1.08. The van der Waals surface area contributed by atoms with Gasteiger partial charge in [0.25, 0.3) is 5.91 Å². The summed E-state index contributed by atoms with van der Waals surface area (Å²) < 4.78 is 5.20. The van der Waals surface area contributed by atoms with Crippen LogP contribution in [0, 0.1) is 0 Å². The Hall–Kier alpha value is -1.44. The van der Waals surface area contributed by atoms with E-state index in [1.165, 1.54) is 11.8 Å². The second kappa shape index (κ2) is 8.93. The summed E-state index contributed by atoms with van der Waals surface area (Å²) in [5.74, 6) is 0.360. The molecule has 0 saturated heterocycles. The number of amides is 1. The van der Waals surface area contributed by atoms with Gasteiger partial charge in [-0.05, 0) is 43.9 Å². The molecule has 150 valence electrons. The number of hydrogen-bond donors (Lipinski definition) is 1. The molecular weight excluding hydrogens is 419 g/mol. The van der Waals surface area contributed by atoms with Crippen LogP contribution in [0.1, 0.15) is 10.8 Å². The Kier molecular flexibility index (Phi) is 6.78. The van der Waals surface area contributed by atoms with Crippen molar-refractivity contribution in [1.29, 1.82) is 0 Å². The maximum atomic E-state index is 13.2. The van der Waals surface area contributed by atoms with Gasteiger partial charge in [0.2, 0.25) is 0 Å².